The topological polar surface area (TPSA) is 44.8 Å². The highest BCUT2D eigenvalue weighted by atomic mass is 28.4. The van der Waals surface area contributed by atoms with Crippen molar-refractivity contribution < 1.29 is 18.5 Å². The molecule has 1 aliphatic rings. The number of aldehydes is 1. The Morgan fingerprint density at radius 3 is 2.04 bits per heavy atom. The van der Waals surface area contributed by atoms with Gasteiger partial charge in [-0.3, -0.25) is 4.79 Å². The van der Waals surface area contributed by atoms with Crippen molar-refractivity contribution in [3.05, 3.63) is 23.8 Å². The Kier molecular flexibility index (Phi) is 5.05. The summed E-state index contributed by atoms with van der Waals surface area (Å²) < 4.78 is 18.5. The third-order valence-electron chi connectivity index (χ3n) is 5.86. The molecule has 1 fully saturated rings. The van der Waals surface area contributed by atoms with Crippen LogP contribution in [0.3, 0.4) is 0 Å². The largest absolute Gasteiger partial charge is 0.543 e. The highest BCUT2D eigenvalue weighted by Gasteiger charge is 2.51. The van der Waals surface area contributed by atoms with Gasteiger partial charge in [0.15, 0.2) is 6.29 Å². The Balaban J connectivity index is 2.31. The zero-order valence-electron chi connectivity index (χ0n) is 17.0. The third kappa shape index (κ3) is 3.86. The third-order valence-corrected chi connectivity index (χ3v) is 10.2. The lowest BCUT2D eigenvalue weighted by molar-refractivity contribution is 0.00578. The van der Waals surface area contributed by atoms with Crippen LogP contribution in [0, 0.1) is 0 Å². The summed E-state index contributed by atoms with van der Waals surface area (Å²) in [6, 6.07) is 5.61. The fourth-order valence-corrected chi connectivity index (χ4v) is 3.35. The maximum absolute atomic E-state index is 11.6. The number of hydrogen-bond acceptors (Lipinski definition) is 4. The summed E-state index contributed by atoms with van der Waals surface area (Å²) in [7, 11) is -2.49. The van der Waals surface area contributed by atoms with Crippen LogP contribution < -0.4 is 9.89 Å². The summed E-state index contributed by atoms with van der Waals surface area (Å²) in [6.07, 6.45) is 0.844. The first-order valence-electron chi connectivity index (χ1n) is 8.84. The van der Waals surface area contributed by atoms with Gasteiger partial charge in [-0.1, -0.05) is 26.8 Å². The van der Waals surface area contributed by atoms with E-state index in [9.17, 15) is 4.79 Å². The molecule has 2 rings (SSSR count). The van der Waals surface area contributed by atoms with Gasteiger partial charge in [0.25, 0.3) is 8.32 Å². The summed E-state index contributed by atoms with van der Waals surface area (Å²) in [5.74, 6) is 0.641. The lowest BCUT2D eigenvalue weighted by Crippen LogP contribution is -2.44. The number of carbonyl (C=O) groups excluding carboxylic acids is 1. The molecule has 1 aliphatic heterocycles. The van der Waals surface area contributed by atoms with Crippen LogP contribution in [0.2, 0.25) is 18.1 Å². The van der Waals surface area contributed by atoms with E-state index in [0.717, 1.165) is 11.7 Å². The average Bonchev–Trinajstić information content (AvgIpc) is 2.66. The molecule has 1 aromatic rings. The Hall–Kier alpha value is -1.11. The Labute approximate surface area is 153 Å². The zero-order valence-corrected chi connectivity index (χ0v) is 18.0. The quantitative estimate of drug-likeness (QED) is 0.595. The predicted octanol–water partition coefficient (Wildman–Crippen LogP) is 4.18. The standard InChI is InChI=1S/C19H31BO4Si/c1-17(2,3)25(8,9)22-16-11-10-15(12-14(16)13-21)20-23-18(4,5)19(6,7)24-20/h10-13H,1-9H3. The van der Waals surface area contributed by atoms with E-state index in [2.05, 4.69) is 33.9 Å². The minimum absolute atomic E-state index is 0.0670. The minimum atomic E-state index is -2.01. The fraction of sp³-hybridized carbons (Fsp3) is 0.632. The molecule has 25 heavy (non-hydrogen) atoms. The first-order chi connectivity index (χ1) is 11.2. The summed E-state index contributed by atoms with van der Waals surface area (Å²) in [5.41, 5.74) is 0.560. The van der Waals surface area contributed by atoms with Gasteiger partial charge in [-0.25, -0.2) is 0 Å². The van der Waals surface area contributed by atoms with Crippen LogP contribution >= 0.6 is 0 Å². The van der Waals surface area contributed by atoms with Crippen molar-refractivity contribution in [1.82, 2.24) is 0 Å². The molecule has 0 saturated carbocycles. The molecular formula is C19H31BO4Si. The van der Waals surface area contributed by atoms with Gasteiger partial charge >= 0.3 is 7.12 Å². The van der Waals surface area contributed by atoms with Crippen molar-refractivity contribution in [3.8, 4) is 5.75 Å². The van der Waals surface area contributed by atoms with Gasteiger partial charge in [-0.2, -0.15) is 0 Å². The van der Waals surface area contributed by atoms with Gasteiger partial charge in [0, 0.05) is 0 Å². The number of hydrogen-bond donors (Lipinski definition) is 0. The first-order valence-corrected chi connectivity index (χ1v) is 11.7. The summed E-state index contributed by atoms with van der Waals surface area (Å²) in [4.78, 5) is 11.6. The molecule has 1 heterocycles. The van der Waals surface area contributed by atoms with Crippen LogP contribution in [0.4, 0.5) is 0 Å². The molecule has 0 bridgehead atoms. The second-order valence-corrected chi connectivity index (χ2v) is 14.1. The molecule has 0 amide bonds. The molecule has 4 nitrogen and oxygen atoms in total. The molecule has 0 spiro atoms. The van der Waals surface area contributed by atoms with Crippen LogP contribution in [0.15, 0.2) is 18.2 Å². The van der Waals surface area contributed by atoms with E-state index in [1.54, 1.807) is 0 Å². The molecule has 1 aromatic carbocycles. The molecule has 0 aliphatic carbocycles. The molecule has 0 N–H and O–H groups in total. The van der Waals surface area contributed by atoms with Crippen LogP contribution in [-0.2, 0) is 9.31 Å². The lowest BCUT2D eigenvalue weighted by atomic mass is 9.78. The molecule has 0 unspecified atom stereocenters. The van der Waals surface area contributed by atoms with E-state index in [0.29, 0.717) is 11.3 Å². The number of benzene rings is 1. The first kappa shape index (κ1) is 20.2. The highest BCUT2D eigenvalue weighted by molar-refractivity contribution is 6.74. The smallest absolute Gasteiger partial charge is 0.494 e. The Morgan fingerprint density at radius 2 is 1.60 bits per heavy atom. The van der Waals surface area contributed by atoms with E-state index in [-0.39, 0.29) is 5.04 Å². The normalized spacial score (nSPS) is 19.8. The molecular weight excluding hydrogens is 331 g/mol. The summed E-state index contributed by atoms with van der Waals surface area (Å²) in [6.45, 7) is 18.9. The highest BCUT2D eigenvalue weighted by Crippen LogP contribution is 2.39. The number of carbonyl (C=O) groups is 1. The van der Waals surface area contributed by atoms with Crippen molar-refractivity contribution in [1.29, 1.82) is 0 Å². The van der Waals surface area contributed by atoms with Gasteiger partial charge in [0.05, 0.1) is 16.8 Å². The lowest BCUT2D eigenvalue weighted by Gasteiger charge is -2.36. The molecule has 0 aromatic heterocycles. The Morgan fingerprint density at radius 1 is 1.08 bits per heavy atom. The van der Waals surface area contributed by atoms with Crippen LogP contribution in [0.25, 0.3) is 0 Å². The molecule has 6 heteroatoms. The van der Waals surface area contributed by atoms with Gasteiger partial charge in [-0.15, -0.1) is 0 Å². The molecule has 138 valence electrons. The van der Waals surface area contributed by atoms with E-state index in [1.165, 1.54) is 0 Å². The molecule has 0 radical (unpaired) electrons. The molecule has 1 saturated heterocycles. The predicted molar refractivity (Wildman–Crippen MR) is 105 cm³/mol. The second-order valence-electron chi connectivity index (χ2n) is 9.37. The van der Waals surface area contributed by atoms with Gasteiger partial charge in [0.1, 0.15) is 5.75 Å². The van der Waals surface area contributed by atoms with Crippen molar-refractivity contribution >= 4 is 27.2 Å². The summed E-state index contributed by atoms with van der Waals surface area (Å²) >= 11 is 0. The van der Waals surface area contributed by atoms with E-state index in [4.69, 9.17) is 13.7 Å². The number of rotatable bonds is 4. The fourth-order valence-electron chi connectivity index (χ4n) is 2.31. The van der Waals surface area contributed by atoms with Crippen LogP contribution in [-0.4, -0.2) is 32.9 Å². The second kappa shape index (κ2) is 6.25. The van der Waals surface area contributed by atoms with Gasteiger partial charge in [0.2, 0.25) is 0 Å². The maximum atomic E-state index is 11.6. The van der Waals surface area contributed by atoms with Crippen molar-refractivity contribution in [3.63, 3.8) is 0 Å². The van der Waals surface area contributed by atoms with E-state index >= 15 is 0 Å². The Bertz CT molecular complexity index is 646. The zero-order chi connectivity index (χ0) is 19.3. The van der Waals surface area contributed by atoms with E-state index in [1.807, 2.05) is 45.9 Å². The van der Waals surface area contributed by atoms with E-state index < -0.39 is 26.6 Å². The van der Waals surface area contributed by atoms with Crippen molar-refractivity contribution in [2.75, 3.05) is 0 Å². The average molecular weight is 362 g/mol. The van der Waals surface area contributed by atoms with Crippen molar-refractivity contribution in [2.45, 2.75) is 77.8 Å². The summed E-state index contributed by atoms with van der Waals surface area (Å²) in [5, 5.41) is 0.0670. The van der Waals surface area contributed by atoms with Gasteiger partial charge in [-0.05, 0) is 63.4 Å². The molecule has 0 atom stereocenters. The SMILES string of the molecule is CC1(C)OB(c2ccc(O[Si](C)(C)C(C)(C)C)c(C=O)c2)OC1(C)C. The van der Waals surface area contributed by atoms with Crippen molar-refractivity contribution in [2.24, 2.45) is 0 Å². The monoisotopic (exact) mass is 362 g/mol. The van der Waals surface area contributed by atoms with Crippen LogP contribution in [0.5, 0.6) is 5.75 Å². The van der Waals surface area contributed by atoms with Gasteiger partial charge < -0.3 is 13.7 Å². The van der Waals surface area contributed by atoms with Crippen LogP contribution in [0.1, 0.15) is 58.8 Å². The maximum Gasteiger partial charge on any atom is 0.494 e. The minimum Gasteiger partial charge on any atom is -0.543 e.